The number of Topliss-reactive ketones (excluding diaryl/α,β-unsaturated/α-hetero) is 1. The number of aryl methyl sites for hydroxylation is 2. The Morgan fingerprint density at radius 1 is 0.796 bits per heavy atom. The van der Waals surface area contributed by atoms with Gasteiger partial charge in [0.2, 0.25) is 11.8 Å². The monoisotopic (exact) mass is 711 g/mol. The third-order valence-corrected chi connectivity index (χ3v) is 11.8. The van der Waals surface area contributed by atoms with E-state index in [0.717, 1.165) is 21.2 Å². The summed E-state index contributed by atoms with van der Waals surface area (Å²) in [7, 11) is 0. The van der Waals surface area contributed by atoms with Gasteiger partial charge in [-0.05, 0) is 90.8 Å². The van der Waals surface area contributed by atoms with Crippen LogP contribution in [-0.2, 0) is 24.6 Å². The van der Waals surface area contributed by atoms with E-state index in [4.69, 9.17) is 0 Å². The maximum atomic E-state index is 15.1. The molecule has 1 aliphatic heterocycles. The lowest BCUT2D eigenvalue weighted by Crippen LogP contribution is -2.58. The molecule has 2 fully saturated rings. The number of halogens is 1. The number of nitrogens with zero attached hydrogens (tertiary/aromatic N) is 1. The number of amides is 2. The Hall–Kier alpha value is -4.88. The second-order valence-corrected chi connectivity index (χ2v) is 14.7. The number of hydrogen-bond acceptors (Lipinski definition) is 5. The van der Waals surface area contributed by atoms with Crippen molar-refractivity contribution in [3.05, 3.63) is 147 Å². The summed E-state index contributed by atoms with van der Waals surface area (Å²) in [5.41, 5.74) is 4.02. The SMILES string of the molecule is Cc1cc(C2C3=CCC4C(=O)N(c5ccc(Br)cc5)C(=O)C4C3CC3C(=O)C(c4ccccc4)=CC(=O)C32c2ccccc2)cc(C)c1O. The Balaban J connectivity index is 1.37. The molecule has 6 unspecified atom stereocenters. The van der Waals surface area contributed by atoms with Crippen LogP contribution in [0.2, 0.25) is 0 Å². The highest BCUT2D eigenvalue weighted by Crippen LogP contribution is 2.64. The molecule has 1 saturated carbocycles. The van der Waals surface area contributed by atoms with Crippen molar-refractivity contribution < 1.29 is 24.3 Å². The lowest BCUT2D eigenvalue weighted by atomic mass is 9.44. The molecule has 1 saturated heterocycles. The van der Waals surface area contributed by atoms with E-state index < -0.39 is 35.0 Å². The van der Waals surface area contributed by atoms with Gasteiger partial charge in [-0.2, -0.15) is 0 Å². The van der Waals surface area contributed by atoms with Crippen LogP contribution < -0.4 is 4.90 Å². The van der Waals surface area contributed by atoms with Crippen molar-refractivity contribution in [1.29, 1.82) is 0 Å². The van der Waals surface area contributed by atoms with Crippen molar-refractivity contribution >= 4 is 50.6 Å². The summed E-state index contributed by atoms with van der Waals surface area (Å²) < 4.78 is 0.839. The summed E-state index contributed by atoms with van der Waals surface area (Å²) in [6, 6.07) is 29.8. The van der Waals surface area contributed by atoms with E-state index >= 15 is 9.59 Å². The first kappa shape index (κ1) is 31.4. The average Bonchev–Trinajstić information content (AvgIpc) is 3.37. The van der Waals surface area contributed by atoms with Gasteiger partial charge in [0.15, 0.2) is 11.6 Å². The minimum Gasteiger partial charge on any atom is -0.507 e. The maximum Gasteiger partial charge on any atom is 0.238 e. The summed E-state index contributed by atoms with van der Waals surface area (Å²) in [5.74, 6) is -3.78. The highest BCUT2D eigenvalue weighted by atomic mass is 79.9. The molecule has 4 aromatic rings. The van der Waals surface area contributed by atoms with Gasteiger partial charge < -0.3 is 5.11 Å². The van der Waals surface area contributed by atoms with Crippen LogP contribution in [0.25, 0.3) is 5.57 Å². The summed E-state index contributed by atoms with van der Waals surface area (Å²) in [4.78, 5) is 60.0. The Labute approximate surface area is 293 Å². The zero-order valence-corrected chi connectivity index (χ0v) is 28.7. The molecule has 6 nitrogen and oxygen atoms in total. The Bertz CT molecular complexity index is 2100. The van der Waals surface area contributed by atoms with E-state index in [1.54, 1.807) is 12.1 Å². The van der Waals surface area contributed by atoms with E-state index in [9.17, 15) is 14.7 Å². The molecule has 0 bridgehead atoms. The van der Waals surface area contributed by atoms with Gasteiger partial charge in [0.1, 0.15) is 5.75 Å². The standard InChI is InChI=1S/C42H34BrNO5/c1-23-19-26(20-24(2)38(23)46)37-30-17-18-31-36(41(49)44(40(31)48)29-15-13-28(43)14-16-29)33(30)21-34-39(47)32(25-9-5-3-6-10-25)22-35(45)42(34,37)27-11-7-4-8-12-27/h3-17,19-20,22,31,33-34,36-37,46H,18,21H2,1-2H3. The quantitative estimate of drug-likeness (QED) is 0.172. The second kappa shape index (κ2) is 11.6. The fourth-order valence-electron chi connectivity index (χ4n) is 9.25. The van der Waals surface area contributed by atoms with Crippen molar-refractivity contribution in [2.45, 2.75) is 38.0 Å². The van der Waals surface area contributed by atoms with Crippen molar-refractivity contribution in [3.8, 4) is 5.75 Å². The van der Waals surface area contributed by atoms with Gasteiger partial charge in [-0.3, -0.25) is 24.1 Å². The van der Waals surface area contributed by atoms with Gasteiger partial charge >= 0.3 is 0 Å². The Kier molecular flexibility index (Phi) is 7.45. The van der Waals surface area contributed by atoms with Gasteiger partial charge in [-0.15, -0.1) is 0 Å². The van der Waals surface area contributed by atoms with Crippen LogP contribution in [0.4, 0.5) is 5.69 Å². The molecule has 8 rings (SSSR count). The topological polar surface area (TPSA) is 91.8 Å². The third kappa shape index (κ3) is 4.58. The van der Waals surface area contributed by atoms with Crippen molar-refractivity contribution in [3.63, 3.8) is 0 Å². The molecule has 4 aliphatic rings. The van der Waals surface area contributed by atoms with Crippen LogP contribution in [0.5, 0.6) is 5.75 Å². The van der Waals surface area contributed by atoms with Crippen LogP contribution in [0.1, 0.15) is 46.6 Å². The molecule has 0 radical (unpaired) electrons. The number of imide groups is 1. The number of anilines is 1. The predicted molar refractivity (Wildman–Crippen MR) is 191 cm³/mol. The maximum absolute atomic E-state index is 15.1. The second-order valence-electron chi connectivity index (χ2n) is 13.8. The predicted octanol–water partition coefficient (Wildman–Crippen LogP) is 7.80. The average molecular weight is 713 g/mol. The first-order valence-corrected chi connectivity index (χ1v) is 17.5. The van der Waals surface area contributed by atoms with Gasteiger partial charge in [-0.25, -0.2) is 0 Å². The van der Waals surface area contributed by atoms with Crippen molar-refractivity contribution in [2.75, 3.05) is 4.90 Å². The van der Waals surface area contributed by atoms with E-state index in [1.807, 2.05) is 98.8 Å². The molecular weight excluding hydrogens is 678 g/mol. The number of benzene rings is 4. The molecule has 49 heavy (non-hydrogen) atoms. The molecule has 2 amide bonds. The zero-order valence-electron chi connectivity index (χ0n) is 27.1. The van der Waals surface area contributed by atoms with Crippen LogP contribution in [-0.4, -0.2) is 28.5 Å². The van der Waals surface area contributed by atoms with E-state index in [2.05, 4.69) is 22.0 Å². The number of ketones is 2. The lowest BCUT2D eigenvalue weighted by molar-refractivity contribution is -0.135. The molecule has 1 N–H and O–H groups in total. The van der Waals surface area contributed by atoms with Crippen molar-refractivity contribution in [2.24, 2.45) is 23.7 Å². The first-order chi connectivity index (χ1) is 23.6. The fraction of sp³-hybridized carbons (Fsp3) is 0.238. The number of carbonyl (C=O) groups is 4. The summed E-state index contributed by atoms with van der Waals surface area (Å²) in [5, 5.41) is 10.8. The number of hydrogen-bond donors (Lipinski definition) is 1. The highest BCUT2D eigenvalue weighted by Gasteiger charge is 2.66. The van der Waals surface area contributed by atoms with Gasteiger partial charge in [0, 0.05) is 21.9 Å². The van der Waals surface area contributed by atoms with Crippen LogP contribution >= 0.6 is 15.9 Å². The van der Waals surface area contributed by atoms with E-state index in [1.165, 1.54) is 11.0 Å². The number of aromatic hydroxyl groups is 1. The van der Waals surface area contributed by atoms with E-state index in [-0.39, 0.29) is 35.6 Å². The smallest absolute Gasteiger partial charge is 0.238 e. The largest absolute Gasteiger partial charge is 0.507 e. The van der Waals surface area contributed by atoms with Crippen LogP contribution in [0.3, 0.4) is 0 Å². The van der Waals surface area contributed by atoms with Crippen LogP contribution in [0, 0.1) is 37.5 Å². The number of rotatable bonds is 4. The van der Waals surface area contributed by atoms with Gasteiger partial charge in [0.25, 0.3) is 0 Å². The molecular formula is C42H34BrNO5. The number of carbonyl (C=O) groups excluding carboxylic acids is 4. The number of allylic oxidation sites excluding steroid dienone is 4. The summed E-state index contributed by atoms with van der Waals surface area (Å²) in [6.45, 7) is 3.67. The lowest BCUT2D eigenvalue weighted by Gasteiger charge is -2.55. The van der Waals surface area contributed by atoms with Gasteiger partial charge in [-0.1, -0.05) is 100 Å². The van der Waals surface area contributed by atoms with Crippen molar-refractivity contribution in [1.82, 2.24) is 0 Å². The highest BCUT2D eigenvalue weighted by molar-refractivity contribution is 9.10. The molecule has 244 valence electrons. The number of phenolic OH excluding ortho intramolecular Hbond substituents is 1. The zero-order chi connectivity index (χ0) is 34.2. The molecule has 3 aliphatic carbocycles. The Morgan fingerprint density at radius 2 is 1.43 bits per heavy atom. The molecule has 1 heterocycles. The molecule has 0 spiro atoms. The molecule has 0 aromatic heterocycles. The van der Waals surface area contributed by atoms with Gasteiger partial charge in [0.05, 0.1) is 22.9 Å². The fourth-order valence-corrected chi connectivity index (χ4v) is 9.51. The number of fused-ring (bicyclic) bond motifs is 4. The normalized spacial score (nSPS) is 27.7. The molecule has 4 aromatic carbocycles. The third-order valence-electron chi connectivity index (χ3n) is 11.3. The Morgan fingerprint density at radius 3 is 2.08 bits per heavy atom. The molecule has 7 heteroatoms. The minimum absolute atomic E-state index is 0.144. The number of phenols is 1. The summed E-state index contributed by atoms with van der Waals surface area (Å²) >= 11 is 3.45. The van der Waals surface area contributed by atoms with Crippen LogP contribution in [0.15, 0.2) is 119 Å². The van der Waals surface area contributed by atoms with E-state index in [0.29, 0.717) is 34.4 Å². The summed E-state index contributed by atoms with van der Waals surface area (Å²) in [6.07, 6.45) is 4.19. The minimum atomic E-state index is -1.31. The first-order valence-electron chi connectivity index (χ1n) is 16.7. The molecule has 6 atom stereocenters.